The van der Waals surface area contributed by atoms with E-state index in [2.05, 4.69) is 0 Å². The lowest BCUT2D eigenvalue weighted by Crippen LogP contribution is -2.13. The Kier molecular flexibility index (Phi) is 4.02. The average Bonchev–Trinajstić information content (AvgIpc) is 2.42. The molecule has 2 aromatic rings. The Morgan fingerprint density at radius 1 is 1.11 bits per heavy atom. The molecule has 0 bridgehead atoms. The van der Waals surface area contributed by atoms with Crippen LogP contribution in [0.25, 0.3) is 0 Å². The molecule has 19 heavy (non-hydrogen) atoms. The van der Waals surface area contributed by atoms with E-state index in [4.69, 9.17) is 22.1 Å². The molecule has 2 N–H and O–H groups in total. The van der Waals surface area contributed by atoms with Gasteiger partial charge in [-0.25, -0.2) is 8.78 Å². The van der Waals surface area contributed by atoms with Crippen LogP contribution in [0.2, 0.25) is 5.02 Å². The summed E-state index contributed by atoms with van der Waals surface area (Å²) in [4.78, 5) is 0. The molecule has 0 spiro atoms. The van der Waals surface area contributed by atoms with Gasteiger partial charge in [0.2, 0.25) is 0 Å². The standard InChI is InChI=1S/C14H12ClF2NO/c1-19-9-4-2-8(3-5-9)14(18)10-6-12(16)13(17)7-11(10)15/h2-7,14H,18H2,1H3. The van der Waals surface area contributed by atoms with Crippen LogP contribution >= 0.6 is 11.6 Å². The predicted octanol–water partition coefficient (Wildman–Crippen LogP) is 3.67. The van der Waals surface area contributed by atoms with Gasteiger partial charge in [0.25, 0.3) is 0 Å². The van der Waals surface area contributed by atoms with Crippen molar-refractivity contribution < 1.29 is 13.5 Å². The lowest BCUT2D eigenvalue weighted by molar-refractivity contribution is 0.414. The van der Waals surface area contributed by atoms with Gasteiger partial charge in [-0.05, 0) is 35.4 Å². The third kappa shape index (κ3) is 2.85. The summed E-state index contributed by atoms with van der Waals surface area (Å²) < 4.78 is 31.3. The summed E-state index contributed by atoms with van der Waals surface area (Å²) in [5.74, 6) is -1.27. The van der Waals surface area contributed by atoms with Gasteiger partial charge in [0, 0.05) is 5.02 Å². The highest BCUT2D eigenvalue weighted by Gasteiger charge is 2.16. The smallest absolute Gasteiger partial charge is 0.160 e. The van der Waals surface area contributed by atoms with Crippen molar-refractivity contribution in [1.82, 2.24) is 0 Å². The number of rotatable bonds is 3. The molecule has 0 aromatic heterocycles. The Hall–Kier alpha value is -1.65. The number of hydrogen-bond acceptors (Lipinski definition) is 2. The van der Waals surface area contributed by atoms with E-state index in [1.807, 2.05) is 0 Å². The second kappa shape index (κ2) is 5.55. The van der Waals surface area contributed by atoms with Gasteiger partial charge in [-0.1, -0.05) is 23.7 Å². The van der Waals surface area contributed by atoms with E-state index in [0.717, 1.165) is 17.7 Å². The Balaban J connectivity index is 2.37. The Labute approximate surface area is 114 Å². The summed E-state index contributed by atoms with van der Waals surface area (Å²) in [6.45, 7) is 0. The van der Waals surface area contributed by atoms with Gasteiger partial charge in [0.15, 0.2) is 11.6 Å². The lowest BCUT2D eigenvalue weighted by Gasteiger charge is -2.15. The second-order valence-corrected chi connectivity index (χ2v) is 4.45. The maximum absolute atomic E-state index is 13.2. The van der Waals surface area contributed by atoms with Crippen LogP contribution in [0.1, 0.15) is 17.2 Å². The number of methoxy groups -OCH3 is 1. The number of benzene rings is 2. The maximum Gasteiger partial charge on any atom is 0.160 e. The molecular formula is C14H12ClF2NO. The van der Waals surface area contributed by atoms with Crippen LogP contribution in [-0.4, -0.2) is 7.11 Å². The van der Waals surface area contributed by atoms with E-state index in [9.17, 15) is 8.78 Å². The summed E-state index contributed by atoms with van der Waals surface area (Å²) in [6.07, 6.45) is 0. The van der Waals surface area contributed by atoms with Gasteiger partial charge in [0.1, 0.15) is 5.75 Å². The first kappa shape index (κ1) is 13.8. The zero-order chi connectivity index (χ0) is 14.0. The van der Waals surface area contributed by atoms with E-state index in [0.29, 0.717) is 11.3 Å². The van der Waals surface area contributed by atoms with E-state index < -0.39 is 17.7 Å². The molecule has 0 saturated carbocycles. The van der Waals surface area contributed by atoms with Crippen molar-refractivity contribution in [3.05, 3.63) is 64.2 Å². The molecule has 0 saturated heterocycles. The largest absolute Gasteiger partial charge is 0.497 e. The molecule has 0 aliphatic rings. The van der Waals surface area contributed by atoms with E-state index in [1.54, 1.807) is 31.4 Å². The molecule has 0 heterocycles. The summed E-state index contributed by atoms with van der Waals surface area (Å²) in [6, 6.07) is 8.30. The van der Waals surface area contributed by atoms with Crippen molar-refractivity contribution in [1.29, 1.82) is 0 Å². The Morgan fingerprint density at radius 3 is 2.26 bits per heavy atom. The first-order valence-electron chi connectivity index (χ1n) is 5.57. The quantitative estimate of drug-likeness (QED) is 0.872. The number of nitrogens with two attached hydrogens (primary N) is 1. The Bertz CT molecular complexity index is 587. The van der Waals surface area contributed by atoms with Crippen molar-refractivity contribution in [3.63, 3.8) is 0 Å². The van der Waals surface area contributed by atoms with Crippen molar-refractivity contribution >= 4 is 11.6 Å². The molecule has 1 atom stereocenters. The molecule has 0 amide bonds. The molecule has 0 aliphatic heterocycles. The van der Waals surface area contributed by atoms with Gasteiger partial charge in [-0.3, -0.25) is 0 Å². The van der Waals surface area contributed by atoms with Crippen LogP contribution in [0.5, 0.6) is 5.75 Å². The summed E-state index contributed by atoms with van der Waals surface area (Å²) in [5.41, 5.74) is 7.08. The minimum atomic E-state index is -0.990. The topological polar surface area (TPSA) is 35.2 Å². The first-order chi connectivity index (χ1) is 9.02. The molecule has 5 heteroatoms. The minimum Gasteiger partial charge on any atom is -0.497 e. The average molecular weight is 284 g/mol. The van der Waals surface area contributed by atoms with Gasteiger partial charge >= 0.3 is 0 Å². The maximum atomic E-state index is 13.2. The van der Waals surface area contributed by atoms with Gasteiger partial charge in [-0.2, -0.15) is 0 Å². The van der Waals surface area contributed by atoms with Gasteiger partial charge in [-0.15, -0.1) is 0 Å². The van der Waals surface area contributed by atoms with E-state index >= 15 is 0 Å². The molecule has 100 valence electrons. The van der Waals surface area contributed by atoms with Crippen LogP contribution in [0.3, 0.4) is 0 Å². The summed E-state index contributed by atoms with van der Waals surface area (Å²) >= 11 is 5.89. The van der Waals surface area contributed by atoms with Crippen molar-refractivity contribution in [2.24, 2.45) is 5.73 Å². The zero-order valence-corrected chi connectivity index (χ0v) is 10.9. The molecule has 2 nitrogen and oxygen atoms in total. The second-order valence-electron chi connectivity index (χ2n) is 4.04. The van der Waals surface area contributed by atoms with Crippen LogP contribution < -0.4 is 10.5 Å². The SMILES string of the molecule is COc1ccc(C(N)c2cc(F)c(F)cc2Cl)cc1. The highest BCUT2D eigenvalue weighted by molar-refractivity contribution is 6.31. The number of hydrogen-bond donors (Lipinski definition) is 1. The zero-order valence-electron chi connectivity index (χ0n) is 10.2. The summed E-state index contributed by atoms with van der Waals surface area (Å²) in [5, 5.41) is 0.0993. The highest BCUT2D eigenvalue weighted by Crippen LogP contribution is 2.29. The third-order valence-corrected chi connectivity index (χ3v) is 3.18. The highest BCUT2D eigenvalue weighted by atomic mass is 35.5. The van der Waals surface area contributed by atoms with Crippen LogP contribution in [-0.2, 0) is 0 Å². The predicted molar refractivity (Wildman–Crippen MR) is 70.4 cm³/mol. The monoisotopic (exact) mass is 283 g/mol. The molecule has 0 radical (unpaired) electrons. The lowest BCUT2D eigenvalue weighted by atomic mass is 9.99. The Morgan fingerprint density at radius 2 is 1.68 bits per heavy atom. The number of halogens is 3. The fraction of sp³-hybridized carbons (Fsp3) is 0.143. The summed E-state index contributed by atoms with van der Waals surface area (Å²) in [7, 11) is 1.56. The van der Waals surface area contributed by atoms with Crippen LogP contribution in [0, 0.1) is 11.6 Å². The molecule has 0 aliphatic carbocycles. The van der Waals surface area contributed by atoms with Crippen molar-refractivity contribution in [2.75, 3.05) is 7.11 Å². The number of ether oxygens (including phenoxy) is 1. The molecule has 0 fully saturated rings. The molecule has 2 aromatic carbocycles. The minimum absolute atomic E-state index is 0.0993. The van der Waals surface area contributed by atoms with E-state index in [-0.39, 0.29) is 5.02 Å². The third-order valence-electron chi connectivity index (χ3n) is 2.85. The van der Waals surface area contributed by atoms with Gasteiger partial charge < -0.3 is 10.5 Å². The van der Waals surface area contributed by atoms with Crippen LogP contribution in [0.4, 0.5) is 8.78 Å². The van der Waals surface area contributed by atoms with Gasteiger partial charge in [0.05, 0.1) is 13.2 Å². The molecular weight excluding hydrogens is 272 g/mol. The first-order valence-corrected chi connectivity index (χ1v) is 5.94. The molecule has 1 unspecified atom stereocenters. The van der Waals surface area contributed by atoms with E-state index in [1.165, 1.54) is 0 Å². The normalized spacial score (nSPS) is 12.3. The molecule has 2 rings (SSSR count). The van der Waals surface area contributed by atoms with Crippen LogP contribution in [0.15, 0.2) is 36.4 Å². The fourth-order valence-corrected chi connectivity index (χ4v) is 2.03. The fourth-order valence-electron chi connectivity index (χ4n) is 1.77. The van der Waals surface area contributed by atoms with Crippen molar-refractivity contribution in [3.8, 4) is 5.75 Å². The van der Waals surface area contributed by atoms with Crippen molar-refractivity contribution in [2.45, 2.75) is 6.04 Å².